The van der Waals surface area contributed by atoms with Crippen LogP contribution >= 0.6 is 27.3 Å². The molecule has 0 saturated carbocycles. The number of hydrogen-bond donors (Lipinski definition) is 1. The van der Waals surface area contributed by atoms with Crippen molar-refractivity contribution in [2.24, 2.45) is 0 Å². The summed E-state index contributed by atoms with van der Waals surface area (Å²) in [5.41, 5.74) is 1.52. The molecule has 1 fully saturated rings. The molecule has 1 N–H and O–H groups in total. The molecule has 9 heteroatoms. The summed E-state index contributed by atoms with van der Waals surface area (Å²) in [5.74, 6) is 1.34. The predicted molar refractivity (Wildman–Crippen MR) is 128 cm³/mol. The van der Waals surface area contributed by atoms with Gasteiger partial charge in [-0.2, -0.15) is 0 Å². The lowest BCUT2D eigenvalue weighted by Gasteiger charge is -2.34. The zero-order valence-electron chi connectivity index (χ0n) is 17.6. The van der Waals surface area contributed by atoms with Gasteiger partial charge in [0.1, 0.15) is 5.52 Å². The summed E-state index contributed by atoms with van der Waals surface area (Å²) in [5, 5.41) is 4.01. The van der Waals surface area contributed by atoms with E-state index < -0.39 is 0 Å². The molecular weight excluding hydrogens is 480 g/mol. The second-order valence-corrected chi connectivity index (χ2v) is 9.16. The number of halogens is 1. The number of carbonyl (C=O) groups is 1. The first-order valence-electron chi connectivity index (χ1n) is 10.1. The van der Waals surface area contributed by atoms with Crippen LogP contribution in [0.1, 0.15) is 10.4 Å². The smallest absolute Gasteiger partial charge is 0.251 e. The Hall–Kier alpha value is -2.36. The van der Waals surface area contributed by atoms with Crippen molar-refractivity contribution in [3.8, 4) is 11.5 Å². The number of nitrogens with zero attached hydrogens (tertiary/aromatic N) is 3. The highest BCUT2D eigenvalue weighted by molar-refractivity contribution is 9.10. The minimum atomic E-state index is -0.0370. The van der Waals surface area contributed by atoms with Crippen LogP contribution in [-0.2, 0) is 0 Å². The van der Waals surface area contributed by atoms with Gasteiger partial charge in [-0.3, -0.25) is 9.69 Å². The minimum absolute atomic E-state index is 0.0370. The Kier molecular flexibility index (Phi) is 6.94. The Labute approximate surface area is 194 Å². The van der Waals surface area contributed by atoms with Gasteiger partial charge in [0, 0.05) is 49.3 Å². The van der Waals surface area contributed by atoms with E-state index in [0.29, 0.717) is 23.6 Å². The molecule has 0 aliphatic carbocycles. The maximum atomic E-state index is 12.2. The average molecular weight is 505 g/mol. The molecule has 1 amide bonds. The molecule has 3 aromatic rings. The number of benzene rings is 2. The van der Waals surface area contributed by atoms with Gasteiger partial charge in [-0.15, -0.1) is 0 Å². The van der Waals surface area contributed by atoms with Gasteiger partial charge in [-0.1, -0.05) is 27.3 Å². The number of fused-ring (bicyclic) bond motifs is 1. The number of amides is 1. The number of thiazole rings is 1. The molecule has 2 heterocycles. The van der Waals surface area contributed by atoms with Gasteiger partial charge in [-0.25, -0.2) is 4.98 Å². The summed E-state index contributed by atoms with van der Waals surface area (Å²) < 4.78 is 13.0. The molecule has 2 aromatic carbocycles. The SMILES string of the molecule is COc1ccc2sc(N3CCN(CCNC(=O)c4ccc(Br)cc4)CC3)nc2c1OC. The van der Waals surface area contributed by atoms with E-state index in [0.717, 1.165) is 52.5 Å². The lowest BCUT2D eigenvalue weighted by Crippen LogP contribution is -2.48. The van der Waals surface area contributed by atoms with Crippen molar-refractivity contribution in [1.82, 2.24) is 15.2 Å². The summed E-state index contributed by atoms with van der Waals surface area (Å²) >= 11 is 5.06. The topological polar surface area (TPSA) is 66.9 Å². The number of hydrogen-bond acceptors (Lipinski definition) is 7. The minimum Gasteiger partial charge on any atom is -0.493 e. The van der Waals surface area contributed by atoms with E-state index in [4.69, 9.17) is 14.5 Å². The number of carbonyl (C=O) groups excluding carboxylic acids is 1. The predicted octanol–water partition coefficient (Wildman–Crippen LogP) is 3.63. The first kappa shape index (κ1) is 21.9. The number of rotatable bonds is 7. The Morgan fingerprint density at radius 1 is 1.10 bits per heavy atom. The van der Waals surface area contributed by atoms with E-state index in [1.807, 2.05) is 36.4 Å². The fraction of sp³-hybridized carbons (Fsp3) is 0.364. The number of methoxy groups -OCH3 is 2. The molecular formula is C22H25BrN4O3S. The molecule has 1 aliphatic heterocycles. The van der Waals surface area contributed by atoms with Crippen molar-refractivity contribution >= 4 is 48.5 Å². The Morgan fingerprint density at radius 3 is 2.52 bits per heavy atom. The van der Waals surface area contributed by atoms with Gasteiger partial charge in [0.2, 0.25) is 0 Å². The van der Waals surface area contributed by atoms with E-state index in [-0.39, 0.29) is 5.91 Å². The first-order chi connectivity index (χ1) is 15.1. The van der Waals surface area contributed by atoms with Gasteiger partial charge in [0.15, 0.2) is 16.6 Å². The molecule has 31 heavy (non-hydrogen) atoms. The van der Waals surface area contributed by atoms with Crippen molar-refractivity contribution in [1.29, 1.82) is 0 Å². The molecule has 0 radical (unpaired) electrons. The molecule has 164 valence electrons. The van der Waals surface area contributed by atoms with Crippen LogP contribution in [0.5, 0.6) is 11.5 Å². The number of nitrogens with one attached hydrogen (secondary N) is 1. The summed E-state index contributed by atoms with van der Waals surface area (Å²) in [4.78, 5) is 21.7. The standard InChI is InChI=1S/C22H25BrN4O3S/c1-29-17-7-8-18-19(20(17)30-2)25-22(31-18)27-13-11-26(12-14-27)10-9-24-21(28)15-3-5-16(23)6-4-15/h3-8H,9-14H2,1-2H3,(H,24,28). The van der Waals surface area contributed by atoms with Gasteiger partial charge in [0.05, 0.1) is 18.9 Å². The zero-order chi connectivity index (χ0) is 21.8. The lowest BCUT2D eigenvalue weighted by atomic mass is 10.2. The van der Waals surface area contributed by atoms with Crippen LogP contribution in [0.4, 0.5) is 5.13 Å². The second-order valence-electron chi connectivity index (χ2n) is 7.24. The van der Waals surface area contributed by atoms with Gasteiger partial charge < -0.3 is 19.7 Å². The third-order valence-electron chi connectivity index (χ3n) is 5.35. The fourth-order valence-corrected chi connectivity index (χ4v) is 4.91. The van der Waals surface area contributed by atoms with Crippen LogP contribution in [0.25, 0.3) is 10.2 Å². The summed E-state index contributed by atoms with van der Waals surface area (Å²) in [6.45, 7) is 5.14. The Morgan fingerprint density at radius 2 is 1.84 bits per heavy atom. The van der Waals surface area contributed by atoms with E-state index in [1.54, 1.807) is 25.6 Å². The van der Waals surface area contributed by atoms with E-state index in [9.17, 15) is 4.79 Å². The Bertz CT molecular complexity index is 1050. The highest BCUT2D eigenvalue weighted by Crippen LogP contribution is 2.40. The summed E-state index contributed by atoms with van der Waals surface area (Å²) in [6.07, 6.45) is 0. The van der Waals surface area contributed by atoms with Crippen LogP contribution < -0.4 is 19.7 Å². The fourth-order valence-electron chi connectivity index (χ4n) is 3.63. The molecule has 0 spiro atoms. The quantitative estimate of drug-likeness (QED) is 0.529. The molecule has 0 unspecified atom stereocenters. The van der Waals surface area contributed by atoms with Crippen LogP contribution in [0.2, 0.25) is 0 Å². The largest absolute Gasteiger partial charge is 0.493 e. The zero-order valence-corrected chi connectivity index (χ0v) is 20.0. The van der Waals surface area contributed by atoms with Crippen molar-refractivity contribution in [2.45, 2.75) is 0 Å². The third kappa shape index (κ3) is 4.94. The van der Waals surface area contributed by atoms with Crippen LogP contribution in [-0.4, -0.2) is 69.3 Å². The number of ether oxygens (including phenoxy) is 2. The molecule has 1 aliphatic rings. The second kappa shape index (κ2) is 9.84. The van der Waals surface area contributed by atoms with E-state index in [1.165, 1.54) is 0 Å². The first-order valence-corrected chi connectivity index (χ1v) is 11.7. The van der Waals surface area contributed by atoms with Gasteiger partial charge in [-0.05, 0) is 36.4 Å². The highest BCUT2D eigenvalue weighted by Gasteiger charge is 2.21. The van der Waals surface area contributed by atoms with Crippen LogP contribution in [0.15, 0.2) is 40.9 Å². The van der Waals surface area contributed by atoms with Crippen molar-refractivity contribution in [3.63, 3.8) is 0 Å². The maximum Gasteiger partial charge on any atom is 0.251 e. The molecule has 1 saturated heterocycles. The van der Waals surface area contributed by atoms with Crippen LogP contribution in [0, 0.1) is 0 Å². The number of anilines is 1. The van der Waals surface area contributed by atoms with Crippen molar-refractivity contribution < 1.29 is 14.3 Å². The van der Waals surface area contributed by atoms with Gasteiger partial charge in [0.25, 0.3) is 5.91 Å². The van der Waals surface area contributed by atoms with E-state index in [2.05, 4.69) is 31.0 Å². The van der Waals surface area contributed by atoms with Crippen molar-refractivity contribution in [3.05, 3.63) is 46.4 Å². The normalized spacial score (nSPS) is 14.6. The number of piperazine rings is 1. The molecule has 4 rings (SSSR count). The summed E-state index contributed by atoms with van der Waals surface area (Å²) in [6, 6.07) is 11.3. The maximum absolute atomic E-state index is 12.2. The lowest BCUT2D eigenvalue weighted by molar-refractivity contribution is 0.0948. The molecule has 7 nitrogen and oxygen atoms in total. The number of aromatic nitrogens is 1. The van der Waals surface area contributed by atoms with E-state index >= 15 is 0 Å². The summed E-state index contributed by atoms with van der Waals surface area (Å²) in [7, 11) is 3.28. The third-order valence-corrected chi connectivity index (χ3v) is 6.96. The monoisotopic (exact) mass is 504 g/mol. The molecule has 0 atom stereocenters. The molecule has 0 bridgehead atoms. The van der Waals surface area contributed by atoms with Crippen molar-refractivity contribution in [2.75, 3.05) is 58.4 Å². The van der Waals surface area contributed by atoms with Crippen LogP contribution in [0.3, 0.4) is 0 Å². The average Bonchev–Trinajstić information content (AvgIpc) is 3.23. The molecule has 1 aromatic heterocycles. The Balaban J connectivity index is 1.29. The highest BCUT2D eigenvalue weighted by atomic mass is 79.9. The van der Waals surface area contributed by atoms with Gasteiger partial charge >= 0.3 is 0 Å².